The van der Waals surface area contributed by atoms with Crippen LogP contribution in [0.15, 0.2) is 24.3 Å². The number of alkyl halides is 3. The third-order valence-corrected chi connectivity index (χ3v) is 2.79. The Kier molecular flexibility index (Phi) is 3.09. The van der Waals surface area contributed by atoms with Crippen LogP contribution in [0.3, 0.4) is 0 Å². The summed E-state index contributed by atoms with van der Waals surface area (Å²) in [5.41, 5.74) is -0.208. The maximum atomic E-state index is 12.5. The van der Waals surface area contributed by atoms with Crippen LogP contribution in [0.25, 0.3) is 0 Å². The molecule has 0 atom stereocenters. The SMILES string of the molecule is O=C1CCCN(c2cccc(C(F)(F)F)c2)C1. The van der Waals surface area contributed by atoms with Gasteiger partial charge in [-0.25, -0.2) is 0 Å². The Bertz CT molecular complexity index is 428. The number of carbonyl (C=O) groups is 1. The number of benzene rings is 1. The lowest BCUT2D eigenvalue weighted by atomic mass is 10.1. The standard InChI is InChI=1S/C12H12F3NO/c13-12(14,15)9-3-1-4-10(7-9)16-6-2-5-11(17)8-16/h1,3-4,7H,2,5-6,8H2. The maximum absolute atomic E-state index is 12.5. The van der Waals surface area contributed by atoms with E-state index in [1.165, 1.54) is 6.07 Å². The summed E-state index contributed by atoms with van der Waals surface area (Å²) in [6, 6.07) is 5.11. The summed E-state index contributed by atoms with van der Waals surface area (Å²) in [7, 11) is 0. The van der Waals surface area contributed by atoms with Crippen LogP contribution in [-0.2, 0) is 11.0 Å². The normalized spacial score (nSPS) is 17.4. The van der Waals surface area contributed by atoms with Crippen LogP contribution < -0.4 is 4.90 Å². The number of hydrogen-bond acceptors (Lipinski definition) is 2. The van der Waals surface area contributed by atoms with Crippen molar-refractivity contribution in [2.75, 3.05) is 18.0 Å². The molecule has 1 heterocycles. The second-order valence-corrected chi connectivity index (χ2v) is 4.11. The molecule has 0 unspecified atom stereocenters. The Hall–Kier alpha value is -1.52. The number of piperidine rings is 1. The molecule has 0 amide bonds. The van der Waals surface area contributed by atoms with Crippen molar-refractivity contribution in [3.05, 3.63) is 29.8 Å². The quantitative estimate of drug-likeness (QED) is 0.756. The maximum Gasteiger partial charge on any atom is 0.416 e. The molecule has 0 saturated carbocycles. The molecule has 0 aliphatic carbocycles. The fourth-order valence-corrected chi connectivity index (χ4v) is 1.94. The number of anilines is 1. The van der Waals surface area contributed by atoms with Crippen LogP contribution in [0, 0.1) is 0 Å². The summed E-state index contributed by atoms with van der Waals surface area (Å²) in [5, 5.41) is 0. The van der Waals surface area contributed by atoms with E-state index in [1.54, 1.807) is 11.0 Å². The van der Waals surface area contributed by atoms with E-state index in [4.69, 9.17) is 0 Å². The van der Waals surface area contributed by atoms with Crippen molar-refractivity contribution < 1.29 is 18.0 Å². The average molecular weight is 243 g/mol. The number of hydrogen-bond donors (Lipinski definition) is 0. The van der Waals surface area contributed by atoms with Gasteiger partial charge in [0.25, 0.3) is 0 Å². The van der Waals surface area contributed by atoms with Gasteiger partial charge in [0, 0.05) is 18.7 Å². The minimum absolute atomic E-state index is 0.0775. The van der Waals surface area contributed by atoms with E-state index in [1.807, 2.05) is 0 Å². The molecule has 1 aliphatic rings. The topological polar surface area (TPSA) is 20.3 Å². The average Bonchev–Trinajstić information content (AvgIpc) is 2.28. The molecule has 1 aliphatic heterocycles. The van der Waals surface area contributed by atoms with Gasteiger partial charge in [-0.3, -0.25) is 4.79 Å². The van der Waals surface area contributed by atoms with E-state index >= 15 is 0 Å². The fraction of sp³-hybridized carbons (Fsp3) is 0.417. The molecule has 1 saturated heterocycles. The van der Waals surface area contributed by atoms with Gasteiger partial charge in [0.2, 0.25) is 0 Å². The minimum Gasteiger partial charge on any atom is -0.364 e. The lowest BCUT2D eigenvalue weighted by Crippen LogP contribution is -2.35. The van der Waals surface area contributed by atoms with Crippen molar-refractivity contribution in [2.24, 2.45) is 0 Å². The summed E-state index contributed by atoms with van der Waals surface area (Å²) in [5.74, 6) is 0.0775. The summed E-state index contributed by atoms with van der Waals surface area (Å²) < 4.78 is 37.6. The lowest BCUT2D eigenvalue weighted by Gasteiger charge is -2.28. The van der Waals surface area contributed by atoms with Gasteiger partial charge in [0.15, 0.2) is 5.78 Å². The van der Waals surface area contributed by atoms with E-state index in [9.17, 15) is 18.0 Å². The Morgan fingerprint density at radius 3 is 2.65 bits per heavy atom. The van der Waals surface area contributed by atoms with E-state index in [-0.39, 0.29) is 12.3 Å². The van der Waals surface area contributed by atoms with E-state index < -0.39 is 11.7 Å². The van der Waals surface area contributed by atoms with E-state index in [2.05, 4.69) is 0 Å². The molecule has 0 bridgehead atoms. The Labute approximate surface area is 97.0 Å². The third kappa shape index (κ3) is 2.78. The van der Waals surface area contributed by atoms with Gasteiger partial charge in [0.05, 0.1) is 12.1 Å². The largest absolute Gasteiger partial charge is 0.416 e. The predicted molar refractivity (Wildman–Crippen MR) is 57.9 cm³/mol. The first kappa shape index (κ1) is 12.0. The number of rotatable bonds is 1. The first-order chi connectivity index (χ1) is 7.97. The Morgan fingerprint density at radius 2 is 2.00 bits per heavy atom. The number of nitrogens with zero attached hydrogens (tertiary/aromatic N) is 1. The highest BCUT2D eigenvalue weighted by molar-refractivity contribution is 5.84. The van der Waals surface area contributed by atoms with Crippen LogP contribution in [0.1, 0.15) is 18.4 Å². The molecule has 0 spiro atoms. The first-order valence-corrected chi connectivity index (χ1v) is 5.41. The molecule has 17 heavy (non-hydrogen) atoms. The molecule has 1 aromatic carbocycles. The van der Waals surface area contributed by atoms with Gasteiger partial charge in [-0.1, -0.05) is 6.07 Å². The van der Waals surface area contributed by atoms with Crippen molar-refractivity contribution >= 4 is 11.5 Å². The number of halogens is 3. The van der Waals surface area contributed by atoms with Crippen LogP contribution in [0.2, 0.25) is 0 Å². The Balaban J connectivity index is 2.24. The van der Waals surface area contributed by atoms with Crippen LogP contribution in [0.4, 0.5) is 18.9 Å². The van der Waals surface area contributed by atoms with Crippen molar-refractivity contribution in [3.63, 3.8) is 0 Å². The fourth-order valence-electron chi connectivity index (χ4n) is 1.94. The third-order valence-electron chi connectivity index (χ3n) is 2.79. The van der Waals surface area contributed by atoms with Crippen molar-refractivity contribution in [1.82, 2.24) is 0 Å². The molecule has 5 heteroatoms. The molecule has 0 N–H and O–H groups in total. The molecule has 1 aromatic rings. The number of ketones is 1. The minimum atomic E-state index is -4.34. The van der Waals surface area contributed by atoms with Gasteiger partial charge in [-0.05, 0) is 24.6 Å². The zero-order valence-corrected chi connectivity index (χ0v) is 9.13. The summed E-state index contributed by atoms with van der Waals surface area (Å²) in [4.78, 5) is 13.0. The molecule has 2 rings (SSSR count). The van der Waals surface area contributed by atoms with E-state index in [0.717, 1.165) is 12.1 Å². The van der Waals surface area contributed by atoms with E-state index in [0.29, 0.717) is 25.1 Å². The highest BCUT2D eigenvalue weighted by Gasteiger charge is 2.31. The van der Waals surface area contributed by atoms with Gasteiger partial charge >= 0.3 is 6.18 Å². The Morgan fingerprint density at radius 1 is 1.24 bits per heavy atom. The molecule has 0 radical (unpaired) electrons. The lowest BCUT2D eigenvalue weighted by molar-refractivity contribution is -0.137. The highest BCUT2D eigenvalue weighted by Crippen LogP contribution is 2.32. The van der Waals surface area contributed by atoms with Crippen LogP contribution in [0.5, 0.6) is 0 Å². The molecular formula is C12H12F3NO. The molecule has 1 fully saturated rings. The number of Topliss-reactive ketones (excluding diaryl/α,β-unsaturated/α-hetero) is 1. The zero-order chi connectivity index (χ0) is 12.5. The van der Waals surface area contributed by atoms with Crippen molar-refractivity contribution in [2.45, 2.75) is 19.0 Å². The van der Waals surface area contributed by atoms with Gasteiger partial charge < -0.3 is 4.90 Å². The number of carbonyl (C=O) groups excluding carboxylic acids is 1. The molecule has 92 valence electrons. The predicted octanol–water partition coefficient (Wildman–Crippen LogP) is 2.87. The second-order valence-electron chi connectivity index (χ2n) is 4.11. The zero-order valence-electron chi connectivity index (χ0n) is 9.13. The van der Waals surface area contributed by atoms with Crippen molar-refractivity contribution in [3.8, 4) is 0 Å². The molecule has 0 aromatic heterocycles. The summed E-state index contributed by atoms with van der Waals surface area (Å²) in [6.45, 7) is 0.842. The van der Waals surface area contributed by atoms with Crippen LogP contribution in [-0.4, -0.2) is 18.9 Å². The van der Waals surface area contributed by atoms with Gasteiger partial charge in [0.1, 0.15) is 0 Å². The van der Waals surface area contributed by atoms with Gasteiger partial charge in [-0.2, -0.15) is 13.2 Å². The monoisotopic (exact) mass is 243 g/mol. The summed E-state index contributed by atoms with van der Waals surface area (Å²) >= 11 is 0. The molecule has 2 nitrogen and oxygen atoms in total. The first-order valence-electron chi connectivity index (χ1n) is 5.41. The highest BCUT2D eigenvalue weighted by atomic mass is 19.4. The van der Waals surface area contributed by atoms with Gasteiger partial charge in [-0.15, -0.1) is 0 Å². The second kappa shape index (κ2) is 4.39. The summed E-state index contributed by atoms with van der Waals surface area (Å²) in [6.07, 6.45) is -3.11. The van der Waals surface area contributed by atoms with Crippen molar-refractivity contribution in [1.29, 1.82) is 0 Å². The van der Waals surface area contributed by atoms with Crippen LogP contribution >= 0.6 is 0 Å². The smallest absolute Gasteiger partial charge is 0.364 e. The molecular weight excluding hydrogens is 231 g/mol.